The summed E-state index contributed by atoms with van der Waals surface area (Å²) >= 11 is 13.5. The molecule has 0 spiro atoms. The second-order valence-corrected chi connectivity index (χ2v) is 10.4. The van der Waals surface area contributed by atoms with Gasteiger partial charge < -0.3 is 11.1 Å². The third-order valence-electron chi connectivity index (χ3n) is 6.24. The number of benzene rings is 4. The Bertz CT molecular complexity index is 1790. The average molecular weight is 540 g/mol. The highest BCUT2D eigenvalue weighted by atomic mass is 35.5. The third-order valence-corrected chi connectivity index (χ3v) is 7.84. The fourth-order valence-electron chi connectivity index (χ4n) is 4.43. The molecular weight excluding hydrogens is 521 g/mol. The van der Waals surface area contributed by atoms with Crippen LogP contribution in [-0.2, 0) is 0 Å². The second kappa shape index (κ2) is 9.52. The van der Waals surface area contributed by atoms with E-state index in [0.717, 1.165) is 44.2 Å². The van der Waals surface area contributed by atoms with Crippen molar-refractivity contribution in [3.8, 4) is 22.4 Å². The normalized spacial score (nSPS) is 11.2. The van der Waals surface area contributed by atoms with E-state index in [4.69, 9.17) is 33.9 Å². The fraction of sp³-hybridized carbons (Fsp3) is 0. The Kier molecular flexibility index (Phi) is 6.05. The maximum absolute atomic E-state index is 13.5. The lowest BCUT2D eigenvalue weighted by Gasteiger charge is -2.10. The summed E-state index contributed by atoms with van der Waals surface area (Å²) in [6, 6.07) is 30.8. The molecule has 7 heteroatoms. The molecule has 1 amide bonds. The SMILES string of the molecule is Nc1c(C(=O)Nc2cccc3ccccc23)sc2nc(-c3ccc(Cl)cc3)cc(-c3ccc(Cl)cc3)c12. The number of fused-ring (bicyclic) bond motifs is 2. The number of aromatic nitrogens is 1. The van der Waals surface area contributed by atoms with Crippen LogP contribution < -0.4 is 11.1 Å². The van der Waals surface area contributed by atoms with Crippen LogP contribution in [0.5, 0.6) is 0 Å². The lowest BCUT2D eigenvalue weighted by atomic mass is 9.99. The van der Waals surface area contributed by atoms with E-state index in [1.807, 2.05) is 97.1 Å². The summed E-state index contributed by atoms with van der Waals surface area (Å²) in [4.78, 5) is 19.5. The van der Waals surface area contributed by atoms with Gasteiger partial charge in [-0.2, -0.15) is 0 Å². The zero-order chi connectivity index (χ0) is 25.5. The molecule has 0 unspecified atom stereocenters. The van der Waals surface area contributed by atoms with Crippen LogP contribution in [-0.4, -0.2) is 10.9 Å². The van der Waals surface area contributed by atoms with Gasteiger partial charge in [0.2, 0.25) is 0 Å². The number of anilines is 2. The van der Waals surface area contributed by atoms with Crippen molar-refractivity contribution in [2.75, 3.05) is 11.1 Å². The van der Waals surface area contributed by atoms with Crippen LogP contribution in [0.2, 0.25) is 10.0 Å². The molecule has 37 heavy (non-hydrogen) atoms. The van der Waals surface area contributed by atoms with Gasteiger partial charge in [0.05, 0.1) is 11.4 Å². The number of amides is 1. The molecule has 0 aliphatic heterocycles. The number of rotatable bonds is 4. The van der Waals surface area contributed by atoms with E-state index in [-0.39, 0.29) is 5.91 Å². The monoisotopic (exact) mass is 539 g/mol. The lowest BCUT2D eigenvalue weighted by Crippen LogP contribution is -2.12. The Balaban J connectivity index is 1.50. The minimum absolute atomic E-state index is 0.271. The number of halogens is 2. The van der Waals surface area contributed by atoms with Gasteiger partial charge in [0, 0.05) is 32.1 Å². The van der Waals surface area contributed by atoms with E-state index in [0.29, 0.717) is 25.4 Å². The zero-order valence-electron chi connectivity index (χ0n) is 19.3. The molecule has 180 valence electrons. The predicted molar refractivity (Wildman–Crippen MR) is 157 cm³/mol. The van der Waals surface area contributed by atoms with Crippen LogP contribution in [0.4, 0.5) is 11.4 Å². The van der Waals surface area contributed by atoms with Gasteiger partial charge in [0.1, 0.15) is 9.71 Å². The first kappa shape index (κ1) is 23.5. The molecule has 0 aliphatic carbocycles. The summed E-state index contributed by atoms with van der Waals surface area (Å²) in [5.74, 6) is -0.271. The van der Waals surface area contributed by atoms with Crippen molar-refractivity contribution in [1.29, 1.82) is 0 Å². The van der Waals surface area contributed by atoms with E-state index in [9.17, 15) is 4.79 Å². The number of carbonyl (C=O) groups is 1. The molecule has 6 rings (SSSR count). The minimum Gasteiger partial charge on any atom is -0.397 e. The topological polar surface area (TPSA) is 68.0 Å². The summed E-state index contributed by atoms with van der Waals surface area (Å²) in [5.41, 5.74) is 11.3. The van der Waals surface area contributed by atoms with Crippen LogP contribution in [0.1, 0.15) is 9.67 Å². The van der Waals surface area contributed by atoms with Gasteiger partial charge in [0.15, 0.2) is 0 Å². The number of thiophene rings is 1. The van der Waals surface area contributed by atoms with Crippen molar-refractivity contribution < 1.29 is 4.79 Å². The molecule has 4 aromatic carbocycles. The van der Waals surface area contributed by atoms with Gasteiger partial charge >= 0.3 is 0 Å². The van der Waals surface area contributed by atoms with E-state index in [2.05, 4.69) is 5.32 Å². The van der Waals surface area contributed by atoms with Gasteiger partial charge in [-0.3, -0.25) is 4.79 Å². The summed E-state index contributed by atoms with van der Waals surface area (Å²) in [7, 11) is 0. The van der Waals surface area contributed by atoms with Gasteiger partial charge in [-0.25, -0.2) is 4.98 Å². The average Bonchev–Trinajstić information content (AvgIpc) is 3.26. The molecule has 0 fully saturated rings. The van der Waals surface area contributed by atoms with Crippen molar-refractivity contribution in [1.82, 2.24) is 4.98 Å². The fourth-order valence-corrected chi connectivity index (χ4v) is 5.70. The second-order valence-electron chi connectivity index (χ2n) is 8.57. The maximum atomic E-state index is 13.5. The Morgan fingerprint density at radius 1 is 0.811 bits per heavy atom. The van der Waals surface area contributed by atoms with Crippen LogP contribution in [0.3, 0.4) is 0 Å². The number of hydrogen-bond acceptors (Lipinski definition) is 4. The van der Waals surface area contributed by atoms with Crippen LogP contribution in [0.15, 0.2) is 97.1 Å². The molecule has 0 saturated carbocycles. The first-order valence-corrected chi connectivity index (χ1v) is 13.1. The van der Waals surface area contributed by atoms with Crippen molar-refractivity contribution in [3.05, 3.63) is 112 Å². The highest BCUT2D eigenvalue weighted by Crippen LogP contribution is 2.42. The first-order chi connectivity index (χ1) is 18.0. The summed E-state index contributed by atoms with van der Waals surface area (Å²) in [6.45, 7) is 0. The van der Waals surface area contributed by atoms with Gasteiger partial charge in [-0.1, -0.05) is 83.9 Å². The van der Waals surface area contributed by atoms with Gasteiger partial charge in [0.25, 0.3) is 5.91 Å². The largest absolute Gasteiger partial charge is 0.397 e. The van der Waals surface area contributed by atoms with Gasteiger partial charge in [-0.05, 0) is 52.9 Å². The highest BCUT2D eigenvalue weighted by Gasteiger charge is 2.22. The van der Waals surface area contributed by atoms with Crippen LogP contribution in [0.25, 0.3) is 43.4 Å². The summed E-state index contributed by atoms with van der Waals surface area (Å²) in [5, 5.41) is 7.09. The van der Waals surface area contributed by atoms with E-state index in [1.54, 1.807) is 0 Å². The van der Waals surface area contributed by atoms with Crippen molar-refractivity contribution in [2.45, 2.75) is 0 Å². The van der Waals surface area contributed by atoms with Crippen LogP contribution in [0, 0.1) is 0 Å². The molecule has 3 N–H and O–H groups in total. The molecule has 0 aliphatic rings. The maximum Gasteiger partial charge on any atom is 0.267 e. The van der Waals surface area contributed by atoms with Gasteiger partial charge in [-0.15, -0.1) is 11.3 Å². The standard InChI is InChI=1S/C30H19Cl2N3OS/c31-20-12-8-18(9-13-20)23-16-25(19-10-14-21(32)15-11-19)35-30-26(23)27(33)28(37-30)29(36)34-24-7-3-5-17-4-1-2-6-22(17)24/h1-16H,33H2,(H,34,36). The Morgan fingerprint density at radius 2 is 1.46 bits per heavy atom. The molecular formula is C30H19Cl2N3OS. The molecule has 2 heterocycles. The molecule has 2 aromatic heterocycles. The lowest BCUT2D eigenvalue weighted by molar-refractivity contribution is 0.103. The molecule has 0 saturated heterocycles. The summed E-state index contributed by atoms with van der Waals surface area (Å²) < 4.78 is 0. The molecule has 0 atom stereocenters. The van der Waals surface area contributed by atoms with Crippen molar-refractivity contribution in [2.24, 2.45) is 0 Å². The van der Waals surface area contributed by atoms with E-state index < -0.39 is 0 Å². The van der Waals surface area contributed by atoms with E-state index in [1.165, 1.54) is 11.3 Å². The first-order valence-electron chi connectivity index (χ1n) is 11.5. The van der Waals surface area contributed by atoms with Crippen molar-refractivity contribution >= 4 is 72.8 Å². The third kappa shape index (κ3) is 4.42. The Hall–Kier alpha value is -3.90. The summed E-state index contributed by atoms with van der Waals surface area (Å²) in [6.07, 6.45) is 0. The number of nitrogens with zero attached hydrogens (tertiary/aromatic N) is 1. The van der Waals surface area contributed by atoms with E-state index >= 15 is 0 Å². The molecule has 6 aromatic rings. The van der Waals surface area contributed by atoms with Crippen LogP contribution >= 0.6 is 34.5 Å². The number of nitrogens with one attached hydrogen (secondary N) is 1. The highest BCUT2D eigenvalue weighted by molar-refractivity contribution is 7.21. The number of pyridine rings is 1. The number of nitrogens with two attached hydrogens (primary N) is 1. The Morgan fingerprint density at radius 3 is 2.19 bits per heavy atom. The van der Waals surface area contributed by atoms with Crippen molar-refractivity contribution in [3.63, 3.8) is 0 Å². The number of nitrogen functional groups attached to an aromatic ring is 1. The molecule has 4 nitrogen and oxygen atoms in total. The number of hydrogen-bond donors (Lipinski definition) is 2. The molecule has 0 bridgehead atoms. The Labute approximate surface area is 227 Å². The molecule has 0 radical (unpaired) electrons. The smallest absolute Gasteiger partial charge is 0.267 e. The number of carbonyl (C=O) groups excluding carboxylic acids is 1. The minimum atomic E-state index is -0.271. The predicted octanol–water partition coefficient (Wildman–Crippen LogP) is 8.92. The zero-order valence-corrected chi connectivity index (χ0v) is 21.7. The quantitative estimate of drug-likeness (QED) is 0.235.